The van der Waals surface area contributed by atoms with Crippen LogP contribution in [0.4, 0.5) is 4.79 Å². The number of amides is 4. The third kappa shape index (κ3) is 3.31. The molecule has 0 aliphatic carbocycles. The molecular formula is C21H24N4O3S. The molecule has 2 aliphatic heterocycles. The Bertz CT molecular complexity index is 934. The molecule has 2 saturated heterocycles. The van der Waals surface area contributed by atoms with Crippen LogP contribution in [0.25, 0.3) is 0 Å². The summed E-state index contributed by atoms with van der Waals surface area (Å²) in [5, 5.41) is 2.62. The third-order valence-corrected chi connectivity index (χ3v) is 6.61. The molecule has 0 atom stereocenters. The minimum Gasteiger partial charge on any atom is -0.337 e. The van der Waals surface area contributed by atoms with Gasteiger partial charge in [-0.15, -0.1) is 11.3 Å². The lowest BCUT2D eigenvalue weighted by Gasteiger charge is -2.42. The van der Waals surface area contributed by atoms with Crippen LogP contribution in [0.2, 0.25) is 0 Å². The summed E-state index contributed by atoms with van der Waals surface area (Å²) < 4.78 is 0. The minimum absolute atomic E-state index is 0.108. The summed E-state index contributed by atoms with van der Waals surface area (Å²) in [6.45, 7) is 5.29. The number of likely N-dealkylation sites (tertiary alicyclic amines) is 1. The number of aromatic nitrogens is 1. The number of rotatable bonds is 4. The number of hydrogen-bond acceptors (Lipinski definition) is 5. The molecule has 2 fully saturated rings. The molecule has 1 spiro atoms. The van der Waals surface area contributed by atoms with Gasteiger partial charge < -0.3 is 9.80 Å². The molecule has 29 heavy (non-hydrogen) atoms. The predicted molar refractivity (Wildman–Crippen MR) is 109 cm³/mol. The summed E-state index contributed by atoms with van der Waals surface area (Å²) in [6, 6.07) is 9.47. The molecule has 7 nitrogen and oxygen atoms in total. The summed E-state index contributed by atoms with van der Waals surface area (Å²) in [7, 11) is 0. The van der Waals surface area contributed by atoms with Crippen molar-refractivity contribution in [2.45, 2.75) is 38.8 Å². The number of piperidine rings is 1. The normalized spacial score (nSPS) is 18.8. The SMILES string of the molecule is CCN1C(=O)N(Cc2ccccc2)C2(CCN(C(=O)c3csc(C)n3)CC2)C1=O. The number of carbonyl (C=O) groups excluding carboxylic acids is 3. The first-order chi connectivity index (χ1) is 14.0. The number of urea groups is 1. The number of aryl methyl sites for hydroxylation is 1. The Hall–Kier alpha value is -2.74. The van der Waals surface area contributed by atoms with Crippen molar-refractivity contribution in [2.24, 2.45) is 0 Å². The molecule has 0 N–H and O–H groups in total. The van der Waals surface area contributed by atoms with Crippen LogP contribution < -0.4 is 0 Å². The molecule has 152 valence electrons. The quantitative estimate of drug-likeness (QED) is 0.724. The maximum Gasteiger partial charge on any atom is 0.327 e. The zero-order chi connectivity index (χ0) is 20.6. The summed E-state index contributed by atoms with van der Waals surface area (Å²) in [5.74, 6) is -0.250. The van der Waals surface area contributed by atoms with E-state index >= 15 is 0 Å². The Labute approximate surface area is 173 Å². The second-order valence-corrected chi connectivity index (χ2v) is 8.54. The van der Waals surface area contributed by atoms with Gasteiger partial charge in [-0.1, -0.05) is 30.3 Å². The first-order valence-corrected chi connectivity index (χ1v) is 10.7. The molecule has 1 aromatic heterocycles. The number of imide groups is 1. The van der Waals surface area contributed by atoms with Crippen molar-refractivity contribution in [3.05, 3.63) is 52.0 Å². The van der Waals surface area contributed by atoms with Crippen molar-refractivity contribution >= 4 is 29.2 Å². The molecule has 2 aliphatic rings. The zero-order valence-electron chi connectivity index (χ0n) is 16.6. The molecule has 0 radical (unpaired) electrons. The van der Waals surface area contributed by atoms with Gasteiger partial charge in [-0.3, -0.25) is 14.5 Å². The molecule has 2 aromatic rings. The van der Waals surface area contributed by atoms with Crippen molar-refractivity contribution in [2.75, 3.05) is 19.6 Å². The fourth-order valence-corrected chi connectivity index (χ4v) is 4.82. The van der Waals surface area contributed by atoms with Crippen molar-refractivity contribution in [3.63, 3.8) is 0 Å². The molecule has 4 rings (SSSR count). The van der Waals surface area contributed by atoms with Crippen LogP contribution in [0.15, 0.2) is 35.7 Å². The maximum atomic E-state index is 13.2. The van der Waals surface area contributed by atoms with Gasteiger partial charge in [0.05, 0.1) is 5.01 Å². The number of benzene rings is 1. The number of hydrogen-bond donors (Lipinski definition) is 0. The average Bonchev–Trinajstić information content (AvgIpc) is 3.25. The Morgan fingerprint density at radius 3 is 2.45 bits per heavy atom. The summed E-state index contributed by atoms with van der Waals surface area (Å²) in [5.41, 5.74) is 0.563. The van der Waals surface area contributed by atoms with Crippen LogP contribution >= 0.6 is 11.3 Å². The van der Waals surface area contributed by atoms with Gasteiger partial charge in [0, 0.05) is 31.6 Å². The first-order valence-electron chi connectivity index (χ1n) is 9.85. The van der Waals surface area contributed by atoms with E-state index in [1.165, 1.54) is 16.2 Å². The zero-order valence-corrected chi connectivity index (χ0v) is 17.4. The first kappa shape index (κ1) is 19.6. The molecule has 1 aromatic carbocycles. The van der Waals surface area contributed by atoms with Crippen LogP contribution in [0.3, 0.4) is 0 Å². The van der Waals surface area contributed by atoms with Crippen LogP contribution in [0.5, 0.6) is 0 Å². The Kier molecular flexibility index (Phi) is 5.12. The van der Waals surface area contributed by atoms with Crippen LogP contribution in [-0.2, 0) is 11.3 Å². The maximum absolute atomic E-state index is 13.2. The van der Waals surface area contributed by atoms with Crippen LogP contribution in [0, 0.1) is 6.92 Å². The van der Waals surface area contributed by atoms with Gasteiger partial charge in [0.15, 0.2) is 0 Å². The minimum atomic E-state index is -0.877. The van der Waals surface area contributed by atoms with Gasteiger partial charge in [-0.25, -0.2) is 9.78 Å². The molecule has 8 heteroatoms. The van der Waals surface area contributed by atoms with E-state index in [-0.39, 0.29) is 17.8 Å². The number of nitrogens with zero attached hydrogens (tertiary/aromatic N) is 4. The van der Waals surface area contributed by atoms with Crippen molar-refractivity contribution in [1.29, 1.82) is 0 Å². The Morgan fingerprint density at radius 2 is 1.86 bits per heavy atom. The molecular weight excluding hydrogens is 388 g/mol. The number of likely N-dealkylation sites (N-methyl/N-ethyl adjacent to an activating group) is 1. The third-order valence-electron chi connectivity index (χ3n) is 5.84. The van der Waals surface area contributed by atoms with Gasteiger partial charge in [-0.05, 0) is 32.3 Å². The Morgan fingerprint density at radius 1 is 1.17 bits per heavy atom. The van der Waals surface area contributed by atoms with Crippen LogP contribution in [0.1, 0.15) is 40.8 Å². The van der Waals surface area contributed by atoms with E-state index in [9.17, 15) is 14.4 Å². The number of carbonyl (C=O) groups is 3. The molecule has 0 saturated carbocycles. The highest BCUT2D eigenvalue weighted by Gasteiger charge is 2.57. The van der Waals surface area contributed by atoms with Gasteiger partial charge >= 0.3 is 6.03 Å². The van der Waals surface area contributed by atoms with Crippen molar-refractivity contribution in [3.8, 4) is 0 Å². The van der Waals surface area contributed by atoms with Gasteiger partial charge in [0.2, 0.25) is 0 Å². The van der Waals surface area contributed by atoms with Crippen molar-refractivity contribution < 1.29 is 14.4 Å². The molecule has 3 heterocycles. The summed E-state index contributed by atoms with van der Waals surface area (Å²) in [4.78, 5) is 48.1. The van der Waals surface area contributed by atoms with E-state index < -0.39 is 5.54 Å². The molecule has 0 unspecified atom stereocenters. The summed E-state index contributed by atoms with van der Waals surface area (Å²) in [6.07, 6.45) is 0.880. The highest BCUT2D eigenvalue weighted by molar-refractivity contribution is 7.09. The molecule has 0 bridgehead atoms. The van der Waals surface area contributed by atoms with E-state index in [0.717, 1.165) is 10.6 Å². The van der Waals surface area contributed by atoms with E-state index in [2.05, 4.69) is 4.98 Å². The lowest BCUT2D eigenvalue weighted by Crippen LogP contribution is -2.57. The second kappa shape index (κ2) is 7.59. The predicted octanol–water partition coefficient (Wildman–Crippen LogP) is 2.91. The lowest BCUT2D eigenvalue weighted by molar-refractivity contribution is -0.135. The van der Waals surface area contributed by atoms with Gasteiger partial charge in [0.25, 0.3) is 11.8 Å². The lowest BCUT2D eigenvalue weighted by atomic mass is 9.85. The standard InChI is InChI=1S/C21H24N4O3S/c1-3-24-19(27)21(25(20(24)28)13-16-7-5-4-6-8-16)9-11-23(12-10-21)18(26)17-14-29-15(2)22-17/h4-8,14H,3,9-13H2,1-2H3. The monoisotopic (exact) mass is 412 g/mol. The van der Waals surface area contributed by atoms with Gasteiger partial charge in [0.1, 0.15) is 11.2 Å². The fraction of sp³-hybridized carbons (Fsp3) is 0.429. The highest BCUT2D eigenvalue weighted by atomic mass is 32.1. The van der Waals surface area contributed by atoms with E-state index in [0.29, 0.717) is 44.7 Å². The molecule has 4 amide bonds. The summed E-state index contributed by atoms with van der Waals surface area (Å²) >= 11 is 1.45. The highest BCUT2D eigenvalue weighted by Crippen LogP contribution is 2.38. The fourth-order valence-electron chi connectivity index (χ4n) is 4.23. The van der Waals surface area contributed by atoms with E-state index in [1.807, 2.05) is 44.2 Å². The van der Waals surface area contributed by atoms with Gasteiger partial charge in [-0.2, -0.15) is 0 Å². The van der Waals surface area contributed by atoms with Crippen LogP contribution in [-0.4, -0.2) is 62.7 Å². The van der Waals surface area contributed by atoms with Crippen molar-refractivity contribution in [1.82, 2.24) is 19.7 Å². The van der Waals surface area contributed by atoms with E-state index in [4.69, 9.17) is 0 Å². The smallest absolute Gasteiger partial charge is 0.327 e. The average molecular weight is 413 g/mol. The Balaban J connectivity index is 1.56. The topological polar surface area (TPSA) is 73.8 Å². The number of thiazole rings is 1. The largest absolute Gasteiger partial charge is 0.337 e. The second-order valence-electron chi connectivity index (χ2n) is 7.48. The van der Waals surface area contributed by atoms with E-state index in [1.54, 1.807) is 15.2 Å².